The summed E-state index contributed by atoms with van der Waals surface area (Å²) in [5.41, 5.74) is 7.66. The van der Waals surface area contributed by atoms with E-state index in [1.807, 2.05) is 37.6 Å². The Morgan fingerprint density at radius 3 is 2.43 bits per heavy atom. The van der Waals surface area contributed by atoms with E-state index in [1.54, 1.807) is 37.3 Å². The van der Waals surface area contributed by atoms with Crippen molar-refractivity contribution < 1.29 is 18.3 Å². The van der Waals surface area contributed by atoms with Gasteiger partial charge in [-0.25, -0.2) is 18.6 Å². The summed E-state index contributed by atoms with van der Waals surface area (Å²) in [6, 6.07) is 11.6. The lowest BCUT2D eigenvalue weighted by Crippen LogP contribution is -2.48. The highest BCUT2D eigenvalue weighted by Gasteiger charge is 2.38. The molecule has 3 rings (SSSR count). The summed E-state index contributed by atoms with van der Waals surface area (Å²) in [5.74, 6) is -0.0961. The van der Waals surface area contributed by atoms with Crippen molar-refractivity contribution in [1.82, 2.24) is 19.8 Å². The molecular formula is C28H37F2N5O2. The maximum absolute atomic E-state index is 14.1. The normalized spacial score (nSPS) is 13.3. The van der Waals surface area contributed by atoms with E-state index < -0.39 is 11.5 Å². The lowest BCUT2D eigenvalue weighted by Gasteiger charge is -2.40. The fraction of sp³-hybridized carbons (Fsp3) is 0.429. The highest BCUT2D eigenvalue weighted by Crippen LogP contribution is 2.39. The summed E-state index contributed by atoms with van der Waals surface area (Å²) >= 11 is 0. The van der Waals surface area contributed by atoms with Gasteiger partial charge < -0.3 is 25.3 Å². The zero-order valence-corrected chi connectivity index (χ0v) is 22.2. The van der Waals surface area contributed by atoms with Crippen LogP contribution < -0.4 is 11.1 Å². The number of urea groups is 1. The minimum absolute atomic E-state index is 0.243. The van der Waals surface area contributed by atoms with Crippen LogP contribution in [0.4, 0.5) is 13.6 Å². The maximum Gasteiger partial charge on any atom is 0.317 e. The number of amides is 2. The molecule has 7 nitrogen and oxygen atoms in total. The minimum atomic E-state index is -0.474. The zero-order chi connectivity index (χ0) is 27.2. The molecule has 2 aromatic carbocycles. The number of nitrogens with one attached hydrogen (secondary N) is 1. The summed E-state index contributed by atoms with van der Waals surface area (Å²) in [4.78, 5) is 19.9. The Morgan fingerprint density at radius 2 is 1.84 bits per heavy atom. The van der Waals surface area contributed by atoms with E-state index in [1.165, 1.54) is 24.3 Å². The van der Waals surface area contributed by atoms with Gasteiger partial charge in [-0.1, -0.05) is 45.0 Å². The number of carbonyl (C=O) groups excluding carboxylic acids is 1. The average Bonchev–Trinajstić information content (AvgIpc) is 3.23. The predicted molar refractivity (Wildman–Crippen MR) is 141 cm³/mol. The van der Waals surface area contributed by atoms with Crippen LogP contribution in [0.1, 0.15) is 44.6 Å². The number of nitrogens with two attached hydrogens (primary N) is 1. The van der Waals surface area contributed by atoms with E-state index in [0.717, 1.165) is 5.56 Å². The molecule has 200 valence electrons. The highest BCUT2D eigenvalue weighted by molar-refractivity contribution is 5.74. The average molecular weight is 514 g/mol. The molecule has 0 radical (unpaired) electrons. The van der Waals surface area contributed by atoms with Gasteiger partial charge in [0, 0.05) is 45.0 Å². The largest absolute Gasteiger partial charge is 0.383 e. The molecule has 9 heteroatoms. The number of hydrogen-bond acceptors (Lipinski definition) is 4. The second kappa shape index (κ2) is 12.3. The molecule has 3 N–H and O–H groups in total. The van der Waals surface area contributed by atoms with Crippen LogP contribution in [0.3, 0.4) is 0 Å². The molecule has 0 aliphatic heterocycles. The van der Waals surface area contributed by atoms with Crippen LogP contribution in [0.5, 0.6) is 0 Å². The van der Waals surface area contributed by atoms with Gasteiger partial charge in [0.05, 0.1) is 18.3 Å². The summed E-state index contributed by atoms with van der Waals surface area (Å²) in [6.07, 6.45) is 2.35. The standard InChI is InChI=1S/C28H37F2N5O2/c1-28(2,3)25(35(27(36)32-4)13-12-23(31)18-37-5)26-33-24(20-9-7-11-22(30)15-20)17-34(26)16-19-8-6-10-21(29)14-19/h6-11,14-15,17,23,25H,12-13,16,18,31H2,1-5H3,(H,32,36)/t23-,25-/m0/s1. The van der Waals surface area contributed by atoms with Crippen LogP contribution in [-0.4, -0.2) is 53.8 Å². The lowest BCUT2D eigenvalue weighted by atomic mass is 9.84. The fourth-order valence-electron chi connectivity index (χ4n) is 4.48. The molecule has 0 saturated heterocycles. The van der Waals surface area contributed by atoms with Crippen molar-refractivity contribution >= 4 is 6.03 Å². The Hall–Kier alpha value is -3.30. The third-order valence-corrected chi connectivity index (χ3v) is 6.14. The van der Waals surface area contributed by atoms with Crippen LogP contribution in [0, 0.1) is 17.0 Å². The van der Waals surface area contributed by atoms with Gasteiger partial charge in [0.25, 0.3) is 0 Å². The number of aromatic nitrogens is 2. The molecule has 0 spiro atoms. The second-order valence-corrected chi connectivity index (χ2v) is 10.3. The molecule has 2 amide bonds. The van der Waals surface area contributed by atoms with Crippen LogP contribution in [0.25, 0.3) is 11.3 Å². The number of rotatable bonds is 10. The molecule has 1 heterocycles. The van der Waals surface area contributed by atoms with Crippen LogP contribution in [0.2, 0.25) is 0 Å². The molecule has 0 saturated carbocycles. The number of halogens is 2. The second-order valence-electron chi connectivity index (χ2n) is 10.3. The Kier molecular flexibility index (Phi) is 9.39. The SMILES string of the molecule is CNC(=O)N(CC[C@H](N)COC)[C@@H](c1nc(-c2cccc(F)c2)cn1Cc1cccc(F)c1)C(C)(C)C. The number of carbonyl (C=O) groups is 1. The Balaban J connectivity index is 2.14. The Bertz CT molecular complexity index is 1190. The van der Waals surface area contributed by atoms with Crippen molar-refractivity contribution in [1.29, 1.82) is 0 Å². The molecule has 0 unspecified atom stereocenters. The van der Waals surface area contributed by atoms with Crippen molar-refractivity contribution in [2.75, 3.05) is 27.3 Å². The van der Waals surface area contributed by atoms with E-state index in [-0.39, 0.29) is 23.7 Å². The number of methoxy groups -OCH3 is 1. The third kappa shape index (κ3) is 7.36. The predicted octanol–water partition coefficient (Wildman–Crippen LogP) is 4.97. The van der Waals surface area contributed by atoms with Crippen LogP contribution >= 0.6 is 0 Å². The van der Waals surface area contributed by atoms with Crippen LogP contribution in [0.15, 0.2) is 54.7 Å². The fourth-order valence-corrected chi connectivity index (χ4v) is 4.48. The molecule has 37 heavy (non-hydrogen) atoms. The van der Waals surface area contributed by atoms with Gasteiger partial charge >= 0.3 is 6.03 Å². The van der Waals surface area contributed by atoms with Gasteiger partial charge in [-0.05, 0) is 41.7 Å². The first-order valence-corrected chi connectivity index (χ1v) is 12.3. The molecule has 0 aliphatic carbocycles. The number of hydrogen-bond donors (Lipinski definition) is 2. The summed E-state index contributed by atoms with van der Waals surface area (Å²) in [6.45, 7) is 7.17. The van der Waals surface area contributed by atoms with Crippen molar-refractivity contribution in [3.63, 3.8) is 0 Å². The topological polar surface area (TPSA) is 85.4 Å². The first-order chi connectivity index (χ1) is 17.5. The van der Waals surface area contributed by atoms with Crippen molar-refractivity contribution in [3.05, 3.63) is 77.8 Å². The van der Waals surface area contributed by atoms with Crippen LogP contribution in [-0.2, 0) is 11.3 Å². The van der Waals surface area contributed by atoms with Gasteiger partial charge in [-0.15, -0.1) is 0 Å². The number of benzene rings is 2. The highest BCUT2D eigenvalue weighted by atomic mass is 19.1. The van der Waals surface area contributed by atoms with Crippen molar-refractivity contribution in [2.24, 2.45) is 11.1 Å². The van der Waals surface area contributed by atoms with Crippen molar-refractivity contribution in [2.45, 2.75) is 45.8 Å². The first-order valence-electron chi connectivity index (χ1n) is 12.3. The quantitative estimate of drug-likeness (QED) is 0.401. The van der Waals surface area contributed by atoms with Gasteiger partial charge in [0.15, 0.2) is 0 Å². The lowest BCUT2D eigenvalue weighted by molar-refractivity contribution is 0.102. The zero-order valence-electron chi connectivity index (χ0n) is 22.2. The van der Waals surface area contributed by atoms with Gasteiger partial charge in [0.2, 0.25) is 0 Å². The summed E-state index contributed by atoms with van der Waals surface area (Å²) < 4.78 is 35.1. The van der Waals surface area contributed by atoms with Gasteiger partial charge in [0.1, 0.15) is 17.5 Å². The molecule has 3 aromatic rings. The molecule has 0 bridgehead atoms. The molecule has 0 fully saturated rings. The maximum atomic E-state index is 14.1. The Morgan fingerprint density at radius 1 is 1.16 bits per heavy atom. The summed E-state index contributed by atoms with van der Waals surface area (Å²) in [7, 11) is 3.17. The van der Waals surface area contributed by atoms with Crippen molar-refractivity contribution in [3.8, 4) is 11.3 Å². The molecular weight excluding hydrogens is 476 g/mol. The van der Waals surface area contributed by atoms with E-state index in [4.69, 9.17) is 15.5 Å². The monoisotopic (exact) mass is 513 g/mol. The van der Waals surface area contributed by atoms with E-state index in [2.05, 4.69) is 5.32 Å². The smallest absolute Gasteiger partial charge is 0.317 e. The number of imidazole rings is 1. The third-order valence-electron chi connectivity index (χ3n) is 6.14. The summed E-state index contributed by atoms with van der Waals surface area (Å²) in [5, 5.41) is 2.74. The molecule has 0 aliphatic rings. The number of ether oxygens (including phenoxy) is 1. The van der Waals surface area contributed by atoms with E-state index >= 15 is 0 Å². The molecule has 1 aromatic heterocycles. The first kappa shape index (κ1) is 28.3. The van der Waals surface area contributed by atoms with E-state index in [9.17, 15) is 13.6 Å². The molecule has 2 atom stereocenters. The van der Waals surface area contributed by atoms with Gasteiger partial charge in [-0.2, -0.15) is 0 Å². The Labute approximate surface area is 217 Å². The number of nitrogens with zero attached hydrogens (tertiary/aromatic N) is 3. The van der Waals surface area contributed by atoms with E-state index in [0.29, 0.717) is 43.2 Å². The minimum Gasteiger partial charge on any atom is -0.383 e. The van der Waals surface area contributed by atoms with Gasteiger partial charge in [-0.3, -0.25) is 0 Å².